The van der Waals surface area contributed by atoms with Crippen LogP contribution in [0.1, 0.15) is 73.6 Å². The molecule has 0 bridgehead atoms. The zero-order chi connectivity index (χ0) is 23.8. The molecule has 1 N–H and O–H groups in total. The largest absolute Gasteiger partial charge is 0.462 e. The Hall–Kier alpha value is -2.41. The van der Waals surface area contributed by atoms with E-state index in [-0.39, 0.29) is 18.3 Å². The molecule has 0 spiro atoms. The van der Waals surface area contributed by atoms with Gasteiger partial charge in [-0.2, -0.15) is 0 Å². The highest BCUT2D eigenvalue weighted by atomic mass is 16.7. The number of hydrogen-bond donors (Lipinski definition) is 1. The Balaban J connectivity index is 2.20. The predicted molar refractivity (Wildman–Crippen MR) is 117 cm³/mol. The summed E-state index contributed by atoms with van der Waals surface area (Å²) in [4.78, 5) is 36.8. The van der Waals surface area contributed by atoms with Crippen molar-refractivity contribution in [3.8, 4) is 0 Å². The van der Waals surface area contributed by atoms with E-state index < -0.39 is 35.3 Å². The van der Waals surface area contributed by atoms with Crippen LogP contribution in [0.4, 0.5) is 0 Å². The fourth-order valence-corrected chi connectivity index (χ4v) is 5.39. The lowest BCUT2D eigenvalue weighted by Gasteiger charge is -2.50. The van der Waals surface area contributed by atoms with Crippen LogP contribution in [-0.4, -0.2) is 41.0 Å². The third-order valence-corrected chi connectivity index (χ3v) is 7.30. The van der Waals surface area contributed by atoms with E-state index in [1.165, 1.54) is 6.92 Å². The second kappa shape index (κ2) is 8.85. The maximum absolute atomic E-state index is 12.4. The summed E-state index contributed by atoms with van der Waals surface area (Å²) in [5, 5.41) is 11.3. The van der Waals surface area contributed by atoms with Crippen molar-refractivity contribution in [1.82, 2.24) is 0 Å². The van der Waals surface area contributed by atoms with Gasteiger partial charge in [-0.05, 0) is 52.0 Å². The van der Waals surface area contributed by atoms with Gasteiger partial charge in [-0.1, -0.05) is 31.1 Å². The van der Waals surface area contributed by atoms with Gasteiger partial charge in [0.2, 0.25) is 0 Å². The molecular weight excluding hydrogens is 412 g/mol. The first-order valence-corrected chi connectivity index (χ1v) is 11.3. The van der Waals surface area contributed by atoms with Crippen molar-refractivity contribution in [2.75, 3.05) is 0 Å². The Morgan fingerprint density at radius 1 is 1.22 bits per heavy atom. The Morgan fingerprint density at radius 2 is 1.91 bits per heavy atom. The van der Waals surface area contributed by atoms with Crippen LogP contribution in [0.5, 0.6) is 0 Å². The van der Waals surface area contributed by atoms with Gasteiger partial charge in [-0.25, -0.2) is 4.79 Å². The minimum absolute atomic E-state index is 0.242. The molecule has 0 fully saturated rings. The smallest absolute Gasteiger partial charge is 0.336 e. The average Bonchev–Trinajstić information content (AvgIpc) is 2.91. The molecule has 3 rings (SSSR count). The zero-order valence-electron chi connectivity index (χ0n) is 19.8. The summed E-state index contributed by atoms with van der Waals surface area (Å²) in [6, 6.07) is 0. The molecule has 0 saturated heterocycles. The van der Waals surface area contributed by atoms with Crippen molar-refractivity contribution in [3.63, 3.8) is 0 Å². The van der Waals surface area contributed by atoms with E-state index in [1.807, 2.05) is 26.8 Å². The van der Waals surface area contributed by atoms with E-state index in [2.05, 4.69) is 0 Å². The quantitative estimate of drug-likeness (QED) is 0.399. The molecule has 1 heterocycles. The summed E-state index contributed by atoms with van der Waals surface area (Å²) < 4.78 is 17.1. The predicted octanol–water partition coefficient (Wildman–Crippen LogP) is 3.90. The molecule has 176 valence electrons. The van der Waals surface area contributed by atoms with Crippen LogP contribution in [0.25, 0.3) is 0 Å². The van der Waals surface area contributed by atoms with E-state index in [4.69, 9.17) is 14.2 Å². The summed E-state index contributed by atoms with van der Waals surface area (Å²) in [5.41, 5.74) is 1.98. The fraction of sp³-hybridized carbons (Fsp3) is 0.640. The molecule has 0 radical (unpaired) electrons. The van der Waals surface area contributed by atoms with Gasteiger partial charge >= 0.3 is 17.9 Å². The normalized spacial score (nSPS) is 35.1. The number of hydrogen-bond acceptors (Lipinski definition) is 7. The molecule has 7 heteroatoms. The van der Waals surface area contributed by atoms with E-state index in [0.717, 1.165) is 11.1 Å². The lowest BCUT2D eigenvalue weighted by molar-refractivity contribution is -0.182. The van der Waals surface area contributed by atoms with Gasteiger partial charge in [0, 0.05) is 36.3 Å². The zero-order valence-corrected chi connectivity index (χ0v) is 19.8. The number of carbonyl (C=O) groups is 3. The van der Waals surface area contributed by atoms with Crippen LogP contribution in [-0.2, 0) is 28.6 Å². The van der Waals surface area contributed by atoms with Gasteiger partial charge in [0.1, 0.15) is 12.2 Å². The van der Waals surface area contributed by atoms with Crippen molar-refractivity contribution in [2.24, 2.45) is 11.3 Å². The highest BCUT2D eigenvalue weighted by Crippen LogP contribution is 2.53. The molecule has 7 nitrogen and oxygen atoms in total. The summed E-state index contributed by atoms with van der Waals surface area (Å²) >= 11 is 0. The molecule has 0 aromatic heterocycles. The van der Waals surface area contributed by atoms with Crippen molar-refractivity contribution in [3.05, 3.63) is 34.4 Å². The fourth-order valence-electron chi connectivity index (χ4n) is 5.39. The lowest BCUT2D eigenvalue weighted by Crippen LogP contribution is -2.54. The first kappa shape index (κ1) is 24.2. The molecule has 0 amide bonds. The second-order valence-electron chi connectivity index (χ2n) is 9.46. The molecule has 0 aromatic carbocycles. The number of allylic oxidation sites excluding steroid dienone is 2. The van der Waals surface area contributed by atoms with Gasteiger partial charge in [-0.3, -0.25) is 9.59 Å². The highest BCUT2D eigenvalue weighted by molar-refractivity contribution is 5.92. The molecule has 0 saturated carbocycles. The van der Waals surface area contributed by atoms with Crippen LogP contribution >= 0.6 is 0 Å². The van der Waals surface area contributed by atoms with Crippen LogP contribution in [0.3, 0.4) is 0 Å². The van der Waals surface area contributed by atoms with Crippen molar-refractivity contribution in [1.29, 1.82) is 0 Å². The number of fused-ring (bicyclic) bond motifs is 2. The molecule has 3 aliphatic rings. The summed E-state index contributed by atoms with van der Waals surface area (Å²) in [6.07, 6.45) is 4.66. The van der Waals surface area contributed by atoms with Gasteiger partial charge in [0.25, 0.3) is 5.79 Å². The van der Waals surface area contributed by atoms with E-state index in [9.17, 15) is 19.5 Å². The maximum atomic E-state index is 12.4. The van der Waals surface area contributed by atoms with E-state index >= 15 is 0 Å². The third-order valence-electron chi connectivity index (χ3n) is 7.30. The molecule has 5 atom stereocenters. The van der Waals surface area contributed by atoms with Gasteiger partial charge in [0.05, 0.1) is 0 Å². The van der Waals surface area contributed by atoms with Gasteiger partial charge in [0.15, 0.2) is 0 Å². The van der Waals surface area contributed by atoms with Crippen molar-refractivity contribution >= 4 is 17.9 Å². The third kappa shape index (κ3) is 4.27. The summed E-state index contributed by atoms with van der Waals surface area (Å²) in [5.74, 6) is -3.30. The van der Waals surface area contributed by atoms with E-state index in [0.29, 0.717) is 36.8 Å². The van der Waals surface area contributed by atoms with Gasteiger partial charge < -0.3 is 19.3 Å². The van der Waals surface area contributed by atoms with Crippen LogP contribution in [0.15, 0.2) is 34.4 Å². The molecule has 2 aliphatic carbocycles. The Morgan fingerprint density at radius 3 is 2.53 bits per heavy atom. The van der Waals surface area contributed by atoms with Crippen molar-refractivity contribution in [2.45, 2.75) is 91.6 Å². The Kier molecular flexibility index (Phi) is 6.70. The molecular formula is C25H34O7. The lowest BCUT2D eigenvalue weighted by atomic mass is 9.59. The monoisotopic (exact) mass is 446 g/mol. The summed E-state index contributed by atoms with van der Waals surface area (Å²) in [6.45, 7) is 10.6. The number of aliphatic hydroxyl groups is 1. The second-order valence-corrected chi connectivity index (χ2v) is 9.46. The Labute approximate surface area is 189 Å². The highest BCUT2D eigenvalue weighted by Gasteiger charge is 2.55. The van der Waals surface area contributed by atoms with Crippen LogP contribution in [0, 0.1) is 11.3 Å². The molecule has 0 aromatic rings. The van der Waals surface area contributed by atoms with Gasteiger partial charge in [-0.15, -0.1) is 0 Å². The maximum Gasteiger partial charge on any atom is 0.336 e. The molecule has 32 heavy (non-hydrogen) atoms. The number of esters is 3. The number of rotatable bonds is 3. The SMILES string of the molecule is CCC(=O)OC1CCC(C)=CC2(O)OC(=O)C(C)=C2CC2C(C)=CCC(OC(C)=O)C12C. The molecule has 1 aliphatic heterocycles. The average molecular weight is 447 g/mol. The first-order chi connectivity index (χ1) is 14.9. The van der Waals surface area contributed by atoms with Crippen LogP contribution < -0.4 is 0 Å². The van der Waals surface area contributed by atoms with Crippen LogP contribution in [0.2, 0.25) is 0 Å². The first-order valence-electron chi connectivity index (χ1n) is 11.3. The number of carbonyl (C=O) groups excluding carboxylic acids is 3. The van der Waals surface area contributed by atoms with Crippen molar-refractivity contribution < 1.29 is 33.7 Å². The minimum atomic E-state index is -1.80. The van der Waals surface area contributed by atoms with E-state index in [1.54, 1.807) is 19.9 Å². The number of ether oxygens (including phenoxy) is 3. The summed E-state index contributed by atoms with van der Waals surface area (Å²) in [7, 11) is 0. The minimum Gasteiger partial charge on any atom is -0.462 e. The Bertz CT molecular complexity index is 911. The standard InChI is InChI=1S/C25H34O7/c1-7-22(27)31-21-10-8-14(2)13-25(29)19(16(4)23(28)32-25)12-18-15(3)9-11-20(24(18,21)6)30-17(5)26/h9,13,18,20-21,29H,7-8,10-12H2,1-6H3. The topological polar surface area (TPSA) is 99.1 Å². The molecule has 5 unspecified atom stereocenters.